The SMILES string of the molecule is COc1ccccc1CSC(C)(C)[C@@H](N)C(=O)O. The fourth-order valence-corrected chi connectivity index (χ4v) is 2.52. The molecule has 0 saturated carbocycles. The number of carboxylic acids is 1. The van der Waals surface area contributed by atoms with Gasteiger partial charge in [0.2, 0.25) is 0 Å². The van der Waals surface area contributed by atoms with Crippen LogP contribution in [0.1, 0.15) is 19.4 Å². The van der Waals surface area contributed by atoms with Crippen molar-refractivity contribution in [1.29, 1.82) is 0 Å². The number of aliphatic carboxylic acids is 1. The second kappa shape index (κ2) is 6.11. The van der Waals surface area contributed by atoms with Gasteiger partial charge in [-0.05, 0) is 19.9 Å². The Morgan fingerprint density at radius 2 is 2.11 bits per heavy atom. The molecule has 0 radical (unpaired) electrons. The molecule has 4 nitrogen and oxygen atoms in total. The lowest BCUT2D eigenvalue weighted by atomic mass is 10.1. The highest BCUT2D eigenvalue weighted by Crippen LogP contribution is 2.33. The number of carbonyl (C=O) groups is 1. The van der Waals surface area contributed by atoms with Crippen molar-refractivity contribution in [2.24, 2.45) is 5.73 Å². The number of benzene rings is 1. The Balaban J connectivity index is 2.72. The summed E-state index contributed by atoms with van der Waals surface area (Å²) in [7, 11) is 1.62. The Kier molecular flexibility index (Phi) is 5.04. The summed E-state index contributed by atoms with van der Waals surface area (Å²) in [5.74, 6) is 0.495. The molecule has 0 aliphatic carbocycles. The second-order valence-electron chi connectivity index (χ2n) is 4.52. The quantitative estimate of drug-likeness (QED) is 0.827. The summed E-state index contributed by atoms with van der Waals surface area (Å²) in [4.78, 5) is 10.9. The molecule has 0 spiro atoms. The first-order valence-electron chi connectivity index (χ1n) is 5.62. The zero-order valence-electron chi connectivity index (χ0n) is 10.8. The standard InChI is InChI=1S/C13H19NO3S/c1-13(2,11(14)12(15)16)18-8-9-6-4-5-7-10(9)17-3/h4-7,11H,8,14H2,1-3H3,(H,15,16)/t11-/m0/s1. The van der Waals surface area contributed by atoms with Crippen LogP contribution in [0.25, 0.3) is 0 Å². The summed E-state index contributed by atoms with van der Waals surface area (Å²) in [6, 6.07) is 6.80. The van der Waals surface area contributed by atoms with Gasteiger partial charge < -0.3 is 15.6 Å². The largest absolute Gasteiger partial charge is 0.496 e. The smallest absolute Gasteiger partial charge is 0.321 e. The van der Waals surface area contributed by atoms with Crippen molar-refractivity contribution in [3.63, 3.8) is 0 Å². The zero-order chi connectivity index (χ0) is 13.8. The van der Waals surface area contributed by atoms with Crippen LogP contribution in [-0.2, 0) is 10.5 Å². The Bertz CT molecular complexity index is 420. The highest BCUT2D eigenvalue weighted by atomic mass is 32.2. The molecule has 1 aromatic carbocycles. The summed E-state index contributed by atoms with van der Waals surface area (Å²) in [6.45, 7) is 3.68. The van der Waals surface area contributed by atoms with Crippen molar-refractivity contribution in [3.05, 3.63) is 29.8 Å². The molecule has 0 fully saturated rings. The van der Waals surface area contributed by atoms with Crippen molar-refractivity contribution < 1.29 is 14.6 Å². The Labute approximate surface area is 112 Å². The van der Waals surface area contributed by atoms with Gasteiger partial charge in [0.15, 0.2) is 0 Å². The number of nitrogens with two attached hydrogens (primary N) is 1. The molecule has 3 N–H and O–H groups in total. The van der Waals surface area contributed by atoms with Gasteiger partial charge in [-0.3, -0.25) is 4.79 Å². The van der Waals surface area contributed by atoms with E-state index < -0.39 is 16.8 Å². The minimum absolute atomic E-state index is 0.535. The average molecular weight is 269 g/mol. The van der Waals surface area contributed by atoms with Gasteiger partial charge in [0.05, 0.1) is 7.11 Å². The van der Waals surface area contributed by atoms with Crippen LogP contribution in [0.4, 0.5) is 0 Å². The Morgan fingerprint density at radius 3 is 2.67 bits per heavy atom. The monoisotopic (exact) mass is 269 g/mol. The normalized spacial score (nSPS) is 13.1. The highest BCUT2D eigenvalue weighted by Gasteiger charge is 2.32. The number of hydrogen-bond donors (Lipinski definition) is 2. The molecule has 0 unspecified atom stereocenters. The van der Waals surface area contributed by atoms with Gasteiger partial charge in [-0.15, -0.1) is 11.8 Å². The van der Waals surface area contributed by atoms with Crippen LogP contribution >= 0.6 is 11.8 Å². The molecular formula is C13H19NO3S. The lowest BCUT2D eigenvalue weighted by Crippen LogP contribution is -2.46. The maximum atomic E-state index is 10.9. The summed E-state index contributed by atoms with van der Waals surface area (Å²) in [6.07, 6.45) is 0. The molecule has 0 heterocycles. The highest BCUT2D eigenvalue weighted by molar-refractivity contribution is 7.99. The van der Waals surface area contributed by atoms with Gasteiger partial charge in [0.25, 0.3) is 0 Å². The van der Waals surface area contributed by atoms with Crippen LogP contribution in [0, 0.1) is 0 Å². The lowest BCUT2D eigenvalue weighted by molar-refractivity contribution is -0.139. The van der Waals surface area contributed by atoms with E-state index in [1.807, 2.05) is 38.1 Å². The number of carboxylic acid groups (broad SMARTS) is 1. The summed E-state index contributed by atoms with van der Waals surface area (Å²) < 4.78 is 4.72. The molecule has 1 rings (SSSR count). The van der Waals surface area contributed by atoms with Crippen LogP contribution < -0.4 is 10.5 Å². The minimum Gasteiger partial charge on any atom is -0.496 e. The third kappa shape index (κ3) is 3.65. The molecular weight excluding hydrogens is 250 g/mol. The van der Waals surface area contributed by atoms with Crippen LogP contribution in [-0.4, -0.2) is 29.0 Å². The van der Waals surface area contributed by atoms with Gasteiger partial charge in [0.1, 0.15) is 11.8 Å². The van der Waals surface area contributed by atoms with E-state index in [4.69, 9.17) is 15.6 Å². The molecule has 1 aromatic rings. The minimum atomic E-state index is -0.979. The van der Waals surface area contributed by atoms with E-state index in [9.17, 15) is 4.79 Å². The molecule has 18 heavy (non-hydrogen) atoms. The van der Waals surface area contributed by atoms with E-state index in [-0.39, 0.29) is 0 Å². The van der Waals surface area contributed by atoms with E-state index in [0.717, 1.165) is 11.3 Å². The Morgan fingerprint density at radius 1 is 1.50 bits per heavy atom. The molecule has 0 amide bonds. The van der Waals surface area contributed by atoms with Crippen LogP contribution in [0.2, 0.25) is 0 Å². The number of para-hydroxylation sites is 1. The van der Waals surface area contributed by atoms with Crippen LogP contribution in [0.5, 0.6) is 5.75 Å². The molecule has 0 aromatic heterocycles. The van der Waals surface area contributed by atoms with E-state index in [1.54, 1.807) is 7.11 Å². The van der Waals surface area contributed by atoms with Gasteiger partial charge in [-0.2, -0.15) is 0 Å². The van der Waals surface area contributed by atoms with E-state index in [1.165, 1.54) is 11.8 Å². The molecule has 0 bridgehead atoms. The summed E-state index contributed by atoms with van der Waals surface area (Å²) >= 11 is 1.51. The van der Waals surface area contributed by atoms with Gasteiger partial charge >= 0.3 is 5.97 Å². The fraction of sp³-hybridized carbons (Fsp3) is 0.462. The lowest BCUT2D eigenvalue weighted by Gasteiger charge is -2.28. The van der Waals surface area contributed by atoms with Crippen LogP contribution in [0.3, 0.4) is 0 Å². The first-order chi connectivity index (χ1) is 8.38. The second-order valence-corrected chi connectivity index (χ2v) is 6.15. The third-order valence-corrected chi connectivity index (χ3v) is 4.26. The van der Waals surface area contributed by atoms with Crippen molar-refractivity contribution >= 4 is 17.7 Å². The van der Waals surface area contributed by atoms with E-state index in [0.29, 0.717) is 5.75 Å². The fourth-order valence-electron chi connectivity index (χ4n) is 1.47. The third-order valence-electron chi connectivity index (χ3n) is 2.81. The number of rotatable bonds is 6. The first kappa shape index (κ1) is 14.9. The maximum absolute atomic E-state index is 10.9. The van der Waals surface area contributed by atoms with E-state index in [2.05, 4.69) is 0 Å². The number of methoxy groups -OCH3 is 1. The maximum Gasteiger partial charge on any atom is 0.321 e. The molecule has 0 aliphatic rings. The van der Waals surface area contributed by atoms with E-state index >= 15 is 0 Å². The van der Waals surface area contributed by atoms with Crippen LogP contribution in [0.15, 0.2) is 24.3 Å². The number of ether oxygens (including phenoxy) is 1. The molecule has 0 saturated heterocycles. The molecule has 5 heteroatoms. The zero-order valence-corrected chi connectivity index (χ0v) is 11.7. The number of thioether (sulfide) groups is 1. The first-order valence-corrected chi connectivity index (χ1v) is 6.61. The molecule has 1 atom stereocenters. The predicted octanol–water partition coefficient (Wildman–Crippen LogP) is 2.12. The van der Waals surface area contributed by atoms with Crippen molar-refractivity contribution in [2.45, 2.75) is 30.4 Å². The summed E-state index contributed by atoms with van der Waals surface area (Å²) in [5, 5.41) is 8.95. The van der Waals surface area contributed by atoms with Crippen molar-refractivity contribution in [3.8, 4) is 5.75 Å². The number of hydrogen-bond acceptors (Lipinski definition) is 4. The van der Waals surface area contributed by atoms with Gasteiger partial charge in [-0.1, -0.05) is 18.2 Å². The van der Waals surface area contributed by atoms with Crippen molar-refractivity contribution in [2.75, 3.05) is 7.11 Å². The van der Waals surface area contributed by atoms with Gasteiger partial charge in [-0.25, -0.2) is 0 Å². The predicted molar refractivity (Wildman–Crippen MR) is 74.0 cm³/mol. The topological polar surface area (TPSA) is 72.5 Å². The molecule has 0 aliphatic heterocycles. The van der Waals surface area contributed by atoms with Crippen molar-refractivity contribution in [1.82, 2.24) is 0 Å². The van der Waals surface area contributed by atoms with Gasteiger partial charge in [0, 0.05) is 16.1 Å². The molecule has 100 valence electrons. The Hall–Kier alpha value is -1.20. The summed E-state index contributed by atoms with van der Waals surface area (Å²) in [5.41, 5.74) is 6.71. The average Bonchev–Trinajstić information content (AvgIpc) is 2.35.